The van der Waals surface area contributed by atoms with Crippen LogP contribution in [0.3, 0.4) is 0 Å². The molecule has 69 heavy (non-hydrogen) atoms. The van der Waals surface area contributed by atoms with Gasteiger partial charge in [0.25, 0.3) is 23.6 Å². The van der Waals surface area contributed by atoms with Gasteiger partial charge in [-0.15, -0.1) is 34.8 Å². The molecule has 0 bridgehead atoms. The first-order valence-electron chi connectivity index (χ1n) is 20.8. The molecule has 0 fully saturated rings. The third kappa shape index (κ3) is 13.6. The molecule has 0 spiro atoms. The number of hydrogen-bond donors (Lipinski definition) is 4. The molecule has 4 amide bonds. The van der Waals surface area contributed by atoms with E-state index in [4.69, 9.17) is 67.5 Å². The van der Waals surface area contributed by atoms with Gasteiger partial charge < -0.3 is 30.7 Å². The van der Waals surface area contributed by atoms with Gasteiger partial charge in [0.05, 0.1) is 62.9 Å². The van der Waals surface area contributed by atoms with Crippen LogP contribution >= 0.6 is 58.0 Å². The summed E-state index contributed by atoms with van der Waals surface area (Å²) in [7, 11) is 2.91. The molecule has 0 heterocycles. The zero-order valence-electron chi connectivity index (χ0n) is 38.0. The van der Waals surface area contributed by atoms with Crippen molar-refractivity contribution in [3.63, 3.8) is 0 Å². The Morgan fingerprint density at radius 3 is 1.35 bits per heavy atom. The van der Waals surface area contributed by atoms with E-state index in [9.17, 15) is 28.8 Å². The summed E-state index contributed by atoms with van der Waals surface area (Å²) in [6.07, 6.45) is 0. The summed E-state index contributed by atoms with van der Waals surface area (Å²) in [5.74, 6) is -3.51. The molecule has 21 heteroatoms. The van der Waals surface area contributed by atoms with Crippen molar-refractivity contribution in [3.05, 3.63) is 129 Å². The molecular formula is C48H45Cl5N8O8. The predicted molar refractivity (Wildman–Crippen MR) is 269 cm³/mol. The maximum Gasteiger partial charge on any atom is 0.258 e. The molecule has 0 saturated heterocycles. The van der Waals surface area contributed by atoms with Crippen molar-refractivity contribution in [3.8, 4) is 11.5 Å². The maximum absolute atomic E-state index is 13.6. The number of carbonyl (C=O) groups excluding carboxylic acids is 6. The van der Waals surface area contributed by atoms with E-state index >= 15 is 0 Å². The van der Waals surface area contributed by atoms with Crippen LogP contribution in [-0.4, -0.2) is 61.5 Å². The van der Waals surface area contributed by atoms with Crippen molar-refractivity contribution in [2.45, 2.75) is 62.8 Å². The lowest BCUT2D eigenvalue weighted by molar-refractivity contribution is -0.127. The lowest BCUT2D eigenvalue weighted by atomic mass is 10.1. The van der Waals surface area contributed by atoms with E-state index in [0.717, 1.165) is 25.0 Å². The number of halogens is 5. The van der Waals surface area contributed by atoms with Crippen molar-refractivity contribution in [2.75, 3.05) is 35.5 Å². The second kappa shape index (κ2) is 24.2. The number of hydrogen-bond acceptors (Lipinski definition) is 12. The maximum atomic E-state index is 13.6. The van der Waals surface area contributed by atoms with Crippen molar-refractivity contribution in [2.24, 2.45) is 20.5 Å². The first kappa shape index (κ1) is 53.5. The quantitative estimate of drug-likeness (QED) is 0.0353. The van der Waals surface area contributed by atoms with E-state index in [-0.39, 0.29) is 54.7 Å². The number of nitrogens with one attached hydrogen (secondary N) is 4. The van der Waals surface area contributed by atoms with Gasteiger partial charge >= 0.3 is 0 Å². The predicted octanol–water partition coefficient (Wildman–Crippen LogP) is 12.8. The average Bonchev–Trinajstić information content (AvgIpc) is 3.30. The fraction of sp³-hybridized carbons (Fsp3) is 0.250. The third-order valence-electron chi connectivity index (χ3n) is 10.1. The number of methoxy groups -OCH3 is 2. The summed E-state index contributed by atoms with van der Waals surface area (Å²) in [5, 5.41) is 25.2. The highest BCUT2D eigenvalue weighted by Gasteiger charge is 2.27. The monoisotopic (exact) mass is 1040 g/mol. The first-order valence-corrected chi connectivity index (χ1v) is 22.9. The Morgan fingerprint density at radius 1 is 0.522 bits per heavy atom. The Hall–Kier alpha value is -6.43. The average molecular weight is 1040 g/mol. The molecule has 0 aromatic heterocycles. The van der Waals surface area contributed by atoms with Gasteiger partial charge in [0.15, 0.2) is 11.6 Å². The summed E-state index contributed by atoms with van der Waals surface area (Å²) in [6, 6.07) is 20.1. The van der Waals surface area contributed by atoms with E-state index in [1.54, 1.807) is 57.2 Å². The van der Waals surface area contributed by atoms with Crippen molar-refractivity contribution in [1.29, 1.82) is 0 Å². The number of ether oxygens (including phenoxy) is 2. The van der Waals surface area contributed by atoms with Gasteiger partial charge in [-0.2, -0.15) is 20.5 Å². The molecule has 4 N–H and O–H groups in total. The van der Waals surface area contributed by atoms with Crippen LogP contribution in [0.1, 0.15) is 88.2 Å². The molecule has 5 aromatic carbocycles. The highest BCUT2D eigenvalue weighted by molar-refractivity contribution is 6.37. The van der Waals surface area contributed by atoms with Gasteiger partial charge in [-0.1, -0.05) is 47.5 Å². The highest BCUT2D eigenvalue weighted by atomic mass is 35.5. The van der Waals surface area contributed by atoms with Crippen molar-refractivity contribution in [1.82, 2.24) is 0 Å². The number of amides is 4. The van der Waals surface area contributed by atoms with Gasteiger partial charge in [-0.25, -0.2) is 0 Å². The Labute approximate surface area is 422 Å². The molecule has 16 nitrogen and oxygen atoms in total. The molecule has 5 aromatic rings. The van der Waals surface area contributed by atoms with Crippen LogP contribution in [0.25, 0.3) is 0 Å². The lowest BCUT2D eigenvalue weighted by Crippen LogP contribution is -2.32. The summed E-state index contributed by atoms with van der Waals surface area (Å²) in [6.45, 7) is 7.47. The highest BCUT2D eigenvalue weighted by Crippen LogP contribution is 2.36. The van der Waals surface area contributed by atoms with Crippen molar-refractivity contribution < 1.29 is 38.2 Å². The number of ketones is 2. The standard InChI is InChI=1S/C48H45Cl5N8O8/c1-23(49)28-14-18-39(68-6)37(20-28)56-45(64)31-10-8-12-35(41(31)52)58-60-43(26(4)62)47(66)54-30-16-17-34(33(22-30)25(3)51)55-48(67)44(27(5)63)61-59-36-13-9-11-32(42(36)53)46(65)57-38-21-29(24(2)50)15-19-40(38)69-7/h8-25,43-44H,1-7H3,(H,54,66)(H,55,67)(H,56,64)(H,57,65). The van der Waals surface area contributed by atoms with Crippen LogP contribution in [0.5, 0.6) is 11.5 Å². The number of benzene rings is 5. The Balaban J connectivity index is 1.29. The molecule has 0 saturated carbocycles. The SMILES string of the molecule is COc1ccc(C(C)Cl)cc1NC(=O)c1cccc(N=NC(C(C)=O)C(=O)Nc2ccc(NC(=O)C(N=Nc3cccc(C(=O)Nc4cc(C(C)Cl)ccc4OC)c3Cl)C(C)=O)c(C(C)Cl)c2)c1Cl. The zero-order valence-corrected chi connectivity index (χ0v) is 41.8. The fourth-order valence-electron chi connectivity index (χ4n) is 6.44. The van der Waals surface area contributed by atoms with Crippen LogP contribution in [-0.2, 0) is 19.2 Å². The number of anilines is 4. The minimum Gasteiger partial charge on any atom is -0.495 e. The summed E-state index contributed by atoms with van der Waals surface area (Å²) < 4.78 is 10.8. The second-order valence-corrected chi connectivity index (χ2v) is 17.9. The van der Waals surface area contributed by atoms with E-state index in [0.29, 0.717) is 28.4 Å². The molecule has 5 atom stereocenters. The van der Waals surface area contributed by atoms with Crippen LogP contribution in [0, 0.1) is 0 Å². The molecule has 360 valence electrons. The summed E-state index contributed by atoms with van der Waals surface area (Å²) in [5.41, 5.74) is 2.88. The fourth-order valence-corrected chi connectivity index (χ4v) is 7.39. The van der Waals surface area contributed by atoms with Crippen LogP contribution in [0.15, 0.2) is 111 Å². The van der Waals surface area contributed by atoms with E-state index in [2.05, 4.69) is 41.7 Å². The first-order chi connectivity index (χ1) is 32.7. The van der Waals surface area contributed by atoms with Gasteiger partial charge in [0.2, 0.25) is 12.1 Å². The number of carbonyl (C=O) groups is 6. The normalized spacial score (nSPS) is 13.4. The Kier molecular flexibility index (Phi) is 18.8. The molecule has 0 aliphatic rings. The van der Waals surface area contributed by atoms with Gasteiger partial charge in [-0.3, -0.25) is 28.8 Å². The molecule has 0 aliphatic heterocycles. The van der Waals surface area contributed by atoms with Gasteiger partial charge in [-0.05, 0) is 118 Å². The zero-order chi connectivity index (χ0) is 50.7. The molecule has 5 unspecified atom stereocenters. The smallest absolute Gasteiger partial charge is 0.258 e. The number of azo groups is 2. The van der Waals surface area contributed by atoms with E-state index < -0.39 is 52.7 Å². The van der Waals surface area contributed by atoms with Crippen LogP contribution < -0.4 is 30.7 Å². The molecule has 5 rings (SSSR count). The molecular weight excluding hydrogens is 994 g/mol. The van der Waals surface area contributed by atoms with Crippen molar-refractivity contribution >= 4 is 127 Å². The third-order valence-corrected chi connectivity index (χ3v) is 11.7. The Bertz CT molecular complexity index is 2860. The largest absolute Gasteiger partial charge is 0.495 e. The number of Topliss-reactive ketones (excluding diaryl/α,β-unsaturated/α-hetero) is 2. The van der Waals surface area contributed by atoms with Gasteiger partial charge in [0.1, 0.15) is 22.9 Å². The van der Waals surface area contributed by atoms with Crippen LogP contribution in [0.4, 0.5) is 34.1 Å². The van der Waals surface area contributed by atoms with E-state index in [1.807, 2.05) is 0 Å². The molecule has 0 radical (unpaired) electrons. The Morgan fingerprint density at radius 2 is 0.957 bits per heavy atom. The number of alkyl halides is 3. The minimum absolute atomic E-state index is 0.000873. The lowest BCUT2D eigenvalue weighted by Gasteiger charge is -2.17. The summed E-state index contributed by atoms with van der Waals surface area (Å²) >= 11 is 32.2. The minimum atomic E-state index is -1.66. The van der Waals surface area contributed by atoms with Crippen LogP contribution in [0.2, 0.25) is 10.0 Å². The van der Waals surface area contributed by atoms with E-state index in [1.165, 1.54) is 68.8 Å². The summed E-state index contributed by atoms with van der Waals surface area (Å²) in [4.78, 5) is 79.3. The molecule has 0 aliphatic carbocycles. The topological polar surface area (TPSA) is 218 Å². The second-order valence-electron chi connectivity index (χ2n) is 15.2. The van der Waals surface area contributed by atoms with Gasteiger partial charge in [0, 0.05) is 11.4 Å². The number of rotatable bonds is 19. The number of nitrogens with zero attached hydrogens (tertiary/aromatic N) is 4.